The number of hydrogen-bond acceptors (Lipinski definition) is 16. The molecule has 238 valence electrons. The predicted octanol–water partition coefficient (Wildman–Crippen LogP) is 1.81. The van der Waals surface area contributed by atoms with E-state index in [2.05, 4.69) is 10.4 Å². The number of amidine groups is 1. The monoisotopic (exact) mass is 669 g/mol. The largest absolute Gasteiger partial charge is 0.494 e. The maximum absolute atomic E-state index is 13.2. The van der Waals surface area contributed by atoms with Gasteiger partial charge in [-0.2, -0.15) is 16.8 Å². The molecule has 0 saturated carbocycles. The van der Waals surface area contributed by atoms with E-state index in [4.69, 9.17) is 9.47 Å². The summed E-state index contributed by atoms with van der Waals surface area (Å²) in [6, 6.07) is 9.70. The molecule has 0 atom stereocenters. The molecular formula is C22H19N7O14S2. The number of methoxy groups -OCH3 is 2. The summed E-state index contributed by atoms with van der Waals surface area (Å²) in [6.45, 7) is 0. The zero-order valence-corrected chi connectivity index (χ0v) is 24.2. The number of hydrazine groups is 2. The highest BCUT2D eigenvalue weighted by Crippen LogP contribution is 2.44. The van der Waals surface area contributed by atoms with Gasteiger partial charge in [0.2, 0.25) is 0 Å². The number of amides is 1. The first-order valence-corrected chi connectivity index (χ1v) is 14.6. The number of rotatable bonds is 10. The van der Waals surface area contributed by atoms with Crippen LogP contribution in [-0.2, 0) is 25.0 Å². The van der Waals surface area contributed by atoms with E-state index in [9.17, 15) is 56.2 Å². The Hall–Kier alpha value is -5.62. The lowest BCUT2D eigenvalue weighted by Gasteiger charge is -2.32. The van der Waals surface area contributed by atoms with Crippen LogP contribution in [0.2, 0.25) is 0 Å². The Labute approximate surface area is 251 Å². The molecule has 0 bridgehead atoms. The molecule has 1 aliphatic heterocycles. The summed E-state index contributed by atoms with van der Waals surface area (Å²) in [5.41, 5.74) is -3.44. The first-order chi connectivity index (χ1) is 21.0. The van der Waals surface area contributed by atoms with Crippen molar-refractivity contribution in [1.29, 1.82) is 0 Å². The number of benzene rings is 3. The number of nitrogens with zero attached hydrogens (tertiary/aromatic N) is 6. The topological polar surface area (TPSA) is 285 Å². The van der Waals surface area contributed by atoms with Crippen molar-refractivity contribution in [1.82, 2.24) is 5.17 Å². The third kappa shape index (κ3) is 6.22. The van der Waals surface area contributed by atoms with E-state index in [1.807, 2.05) is 0 Å². The van der Waals surface area contributed by atoms with Gasteiger partial charge in [0.05, 0.1) is 36.2 Å². The van der Waals surface area contributed by atoms with Gasteiger partial charge in [-0.3, -0.25) is 39.3 Å². The van der Waals surface area contributed by atoms with Gasteiger partial charge >= 0.3 is 20.2 Å². The van der Waals surface area contributed by atoms with Gasteiger partial charge in [0, 0.05) is 5.69 Å². The molecule has 1 aliphatic rings. The average molecular weight is 670 g/mol. The predicted molar refractivity (Wildman–Crippen MR) is 150 cm³/mol. The zero-order chi connectivity index (χ0) is 33.4. The number of carbonyl (C=O) groups excluding carboxylic acids is 1. The first kappa shape index (κ1) is 32.3. The molecule has 0 spiro atoms. The van der Waals surface area contributed by atoms with Crippen LogP contribution in [0, 0.1) is 20.2 Å². The fourth-order valence-corrected chi connectivity index (χ4v) is 5.28. The highest BCUT2D eigenvalue weighted by molar-refractivity contribution is 7.86. The third-order valence-electron chi connectivity index (χ3n) is 5.87. The molecule has 3 aromatic carbocycles. The second-order valence-electron chi connectivity index (χ2n) is 8.56. The molecule has 0 radical (unpaired) electrons. The standard InChI is InChI=1S/C22H19N7O14S2/c1-42-17-8-15(28(32)33)19(44(36,37)38)10-13(17)25-24-21(22(30)23-12-6-4-3-5-7-12)27(31)26(25)14-11-20(45(39,40)41)16(29(34)35)9-18(14)43-2/h3-11,31H,1-2H3,(H,23,30)(H,36,37,38)(H,39,40,41). The van der Waals surface area contributed by atoms with Crippen LogP contribution in [0.1, 0.15) is 0 Å². The minimum atomic E-state index is -5.35. The SMILES string of the molecule is COc1cc([N+](=O)[O-])c(S(=O)(=O)O)cc1N1N=C(C(=O)Nc2ccccc2)N(O)N1c1cc(S(=O)(=O)O)c([N+](=O)[O-])cc1OC. The van der Waals surface area contributed by atoms with Gasteiger partial charge in [-0.15, -0.1) is 20.5 Å². The molecule has 0 fully saturated rings. The van der Waals surface area contributed by atoms with Crippen LogP contribution in [0.3, 0.4) is 0 Å². The van der Waals surface area contributed by atoms with Crippen LogP contribution < -0.4 is 25.0 Å². The Morgan fingerprint density at radius 2 is 1.31 bits per heavy atom. The maximum Gasteiger partial charge on any atom is 0.301 e. The van der Waals surface area contributed by atoms with E-state index in [0.717, 1.165) is 14.2 Å². The molecule has 1 heterocycles. The van der Waals surface area contributed by atoms with Crippen molar-refractivity contribution in [3.05, 3.63) is 74.8 Å². The van der Waals surface area contributed by atoms with Crippen molar-refractivity contribution < 1.29 is 55.3 Å². The molecule has 0 saturated heterocycles. The number of anilines is 3. The number of hydroxylamine groups is 1. The van der Waals surface area contributed by atoms with Crippen molar-refractivity contribution in [3.8, 4) is 11.5 Å². The molecular weight excluding hydrogens is 650 g/mol. The van der Waals surface area contributed by atoms with Crippen LogP contribution >= 0.6 is 0 Å². The van der Waals surface area contributed by atoms with Gasteiger partial charge in [-0.05, 0) is 24.3 Å². The van der Waals surface area contributed by atoms with Crippen molar-refractivity contribution in [3.63, 3.8) is 0 Å². The second-order valence-corrected chi connectivity index (χ2v) is 11.3. The number of hydrazone groups is 1. The van der Waals surface area contributed by atoms with E-state index in [1.165, 1.54) is 12.1 Å². The van der Waals surface area contributed by atoms with Gasteiger partial charge < -0.3 is 14.8 Å². The Kier molecular flexibility index (Phi) is 8.48. The number of nitro groups is 2. The van der Waals surface area contributed by atoms with E-state index in [-0.39, 0.29) is 10.9 Å². The van der Waals surface area contributed by atoms with E-state index in [0.29, 0.717) is 34.5 Å². The van der Waals surface area contributed by atoms with Gasteiger partial charge in [0.15, 0.2) is 21.3 Å². The normalized spacial score (nSPS) is 13.4. The summed E-state index contributed by atoms with van der Waals surface area (Å²) >= 11 is 0. The fourth-order valence-electron chi connectivity index (χ4n) is 3.96. The van der Waals surface area contributed by atoms with Gasteiger partial charge in [-0.25, -0.2) is 0 Å². The number of para-hydroxylation sites is 1. The first-order valence-electron chi connectivity index (χ1n) is 11.7. The molecule has 23 heteroatoms. The lowest BCUT2D eigenvalue weighted by Crippen LogP contribution is -2.48. The summed E-state index contributed by atoms with van der Waals surface area (Å²) in [6.07, 6.45) is 0. The number of nitro benzene ring substituents is 2. The minimum Gasteiger partial charge on any atom is -0.494 e. The molecule has 0 aromatic heterocycles. The third-order valence-corrected chi connectivity index (χ3v) is 7.64. The smallest absolute Gasteiger partial charge is 0.301 e. The summed E-state index contributed by atoms with van der Waals surface area (Å²) in [5, 5.41) is 41.6. The van der Waals surface area contributed by atoms with E-state index in [1.54, 1.807) is 18.2 Å². The molecule has 45 heavy (non-hydrogen) atoms. The van der Waals surface area contributed by atoms with Gasteiger partial charge in [0.25, 0.3) is 23.1 Å². The van der Waals surface area contributed by atoms with Crippen LogP contribution in [0.25, 0.3) is 0 Å². The van der Waals surface area contributed by atoms with Crippen LogP contribution in [0.4, 0.5) is 28.4 Å². The Bertz CT molecular complexity index is 1970. The van der Waals surface area contributed by atoms with Crippen LogP contribution in [0.5, 0.6) is 11.5 Å². The molecule has 1 amide bonds. The molecule has 4 rings (SSSR count). The highest BCUT2D eigenvalue weighted by atomic mass is 32.2. The molecule has 4 N–H and O–H groups in total. The zero-order valence-electron chi connectivity index (χ0n) is 22.5. The fraction of sp³-hybridized carbons (Fsp3) is 0.0909. The Morgan fingerprint density at radius 1 is 0.844 bits per heavy atom. The number of carbonyl (C=O) groups is 1. The summed E-state index contributed by atoms with van der Waals surface area (Å²) in [5.74, 6) is -3.17. The van der Waals surface area contributed by atoms with E-state index < -0.39 is 85.9 Å². The lowest BCUT2D eigenvalue weighted by molar-refractivity contribution is -0.388. The number of ether oxygens (including phenoxy) is 2. The molecule has 21 nitrogen and oxygen atoms in total. The average Bonchev–Trinajstić information content (AvgIpc) is 3.31. The van der Waals surface area contributed by atoms with Gasteiger partial charge in [0.1, 0.15) is 11.4 Å². The maximum atomic E-state index is 13.2. The molecule has 0 unspecified atom stereocenters. The molecule has 0 aliphatic carbocycles. The minimum absolute atomic E-state index is 0.0241. The van der Waals surface area contributed by atoms with Crippen molar-refractivity contribution in [2.75, 3.05) is 29.8 Å². The summed E-state index contributed by atoms with van der Waals surface area (Å²) in [7, 11) is -8.72. The molecule has 3 aromatic rings. The van der Waals surface area contributed by atoms with Crippen molar-refractivity contribution >= 4 is 60.4 Å². The Morgan fingerprint density at radius 3 is 1.76 bits per heavy atom. The quantitative estimate of drug-likeness (QED) is 0.136. The van der Waals surface area contributed by atoms with Crippen molar-refractivity contribution in [2.24, 2.45) is 5.10 Å². The highest BCUT2D eigenvalue weighted by Gasteiger charge is 2.43. The van der Waals surface area contributed by atoms with Crippen molar-refractivity contribution in [2.45, 2.75) is 9.79 Å². The Balaban J connectivity index is 2.05. The summed E-state index contributed by atoms with van der Waals surface area (Å²) in [4.78, 5) is 31.5. The van der Waals surface area contributed by atoms with Gasteiger partial charge in [-0.1, -0.05) is 18.2 Å². The number of hydrogen-bond donors (Lipinski definition) is 4. The van der Waals surface area contributed by atoms with Crippen LogP contribution in [0.15, 0.2) is 69.5 Å². The summed E-state index contributed by atoms with van der Waals surface area (Å²) < 4.78 is 78.2. The van der Waals surface area contributed by atoms with E-state index >= 15 is 0 Å². The second kappa shape index (κ2) is 11.8. The number of nitrogens with one attached hydrogen (secondary N) is 1. The van der Waals surface area contributed by atoms with Crippen LogP contribution in [-0.4, -0.2) is 72.1 Å². The lowest BCUT2D eigenvalue weighted by atomic mass is 10.2.